The van der Waals surface area contributed by atoms with Gasteiger partial charge in [-0.25, -0.2) is 0 Å². The lowest BCUT2D eigenvalue weighted by atomic mass is 10.1. The van der Waals surface area contributed by atoms with E-state index in [9.17, 15) is 0 Å². The fourth-order valence-corrected chi connectivity index (χ4v) is 4.36. The second-order valence-electron chi connectivity index (χ2n) is 7.54. The minimum absolute atomic E-state index is 0.195. The Labute approximate surface area is 189 Å². The minimum Gasteiger partial charge on any atom is -0.312 e. The number of nitrogens with zero attached hydrogens (tertiary/aromatic N) is 1. The van der Waals surface area contributed by atoms with Crippen LogP contribution in [0.3, 0.4) is 0 Å². The highest BCUT2D eigenvalue weighted by Gasteiger charge is 2.18. The third-order valence-electron chi connectivity index (χ3n) is 5.53. The molecule has 0 amide bonds. The van der Waals surface area contributed by atoms with Crippen molar-refractivity contribution < 1.29 is 0 Å². The van der Waals surface area contributed by atoms with Crippen LogP contribution in [0.5, 0.6) is 0 Å². The van der Waals surface area contributed by atoms with E-state index in [-0.39, 0.29) is 12.3 Å². The monoisotopic (exact) mass is 470 g/mol. The lowest BCUT2D eigenvalue weighted by Crippen LogP contribution is -2.39. The topological polar surface area (TPSA) is 55.0 Å². The Kier molecular flexibility index (Phi) is 5.47. The smallest absolute Gasteiger partial charge is 0.119 e. The lowest BCUT2D eigenvalue weighted by Gasteiger charge is -2.27. The van der Waals surface area contributed by atoms with E-state index in [0.717, 1.165) is 26.6 Å². The summed E-state index contributed by atoms with van der Waals surface area (Å²) in [6.45, 7) is 0. The van der Waals surface area contributed by atoms with Crippen molar-refractivity contribution in [2.24, 2.45) is 5.73 Å². The van der Waals surface area contributed by atoms with Gasteiger partial charge in [-0.2, -0.15) is 0 Å². The van der Waals surface area contributed by atoms with Gasteiger partial charge in [-0.15, -0.1) is 0 Å². The standard InChI is InChI=1S/C26H23BrN4/c27-20-15-16-24-22(17-20)21-13-7-8-14-23(21)31(24)30-26(19-11-5-2-6-12-19)29-25(28)18-9-3-1-4-10-18/h1-17,25-26,29-30H,28H2. The fourth-order valence-electron chi connectivity index (χ4n) is 4.00. The number of rotatable bonds is 6. The molecule has 2 atom stereocenters. The quantitative estimate of drug-likeness (QED) is 0.265. The van der Waals surface area contributed by atoms with Gasteiger partial charge in [0.15, 0.2) is 0 Å². The molecule has 0 radical (unpaired) electrons. The van der Waals surface area contributed by atoms with E-state index >= 15 is 0 Å². The summed E-state index contributed by atoms with van der Waals surface area (Å²) in [7, 11) is 0. The molecule has 0 spiro atoms. The number of aromatic nitrogens is 1. The molecule has 0 aliphatic heterocycles. The Morgan fingerprint density at radius 3 is 2.03 bits per heavy atom. The van der Waals surface area contributed by atoms with Gasteiger partial charge in [0.05, 0.1) is 17.2 Å². The summed E-state index contributed by atoms with van der Waals surface area (Å²) >= 11 is 3.62. The highest BCUT2D eigenvalue weighted by molar-refractivity contribution is 9.10. The molecule has 0 saturated carbocycles. The van der Waals surface area contributed by atoms with Gasteiger partial charge < -0.3 is 11.2 Å². The van der Waals surface area contributed by atoms with Gasteiger partial charge in [-0.1, -0.05) is 94.8 Å². The number of nitrogens with two attached hydrogens (primary N) is 1. The third kappa shape index (κ3) is 3.95. The molecule has 0 saturated heterocycles. The molecule has 0 bridgehead atoms. The second-order valence-corrected chi connectivity index (χ2v) is 8.46. The zero-order chi connectivity index (χ0) is 21.2. The molecule has 2 unspecified atom stereocenters. The zero-order valence-electron chi connectivity index (χ0n) is 16.9. The van der Waals surface area contributed by atoms with Gasteiger partial charge in [-0.3, -0.25) is 9.99 Å². The van der Waals surface area contributed by atoms with E-state index in [1.165, 1.54) is 10.8 Å². The summed E-state index contributed by atoms with van der Waals surface area (Å²) in [5, 5.41) is 5.96. The largest absolute Gasteiger partial charge is 0.312 e. The van der Waals surface area contributed by atoms with Crippen molar-refractivity contribution in [3.8, 4) is 0 Å². The summed E-state index contributed by atoms with van der Waals surface area (Å²) in [5.74, 6) is 0. The van der Waals surface area contributed by atoms with Crippen LogP contribution in [0.25, 0.3) is 21.8 Å². The molecule has 4 N–H and O–H groups in total. The van der Waals surface area contributed by atoms with Crippen molar-refractivity contribution in [2.45, 2.75) is 12.3 Å². The number of hydrogen-bond donors (Lipinski definition) is 3. The van der Waals surface area contributed by atoms with Crippen LogP contribution in [0.2, 0.25) is 0 Å². The Morgan fingerprint density at radius 2 is 1.29 bits per heavy atom. The van der Waals surface area contributed by atoms with Crippen LogP contribution in [0.15, 0.2) is 108 Å². The summed E-state index contributed by atoms with van der Waals surface area (Å²) in [4.78, 5) is 0. The van der Waals surface area contributed by atoms with Crippen LogP contribution in [0.1, 0.15) is 23.5 Å². The van der Waals surface area contributed by atoms with Gasteiger partial charge >= 0.3 is 0 Å². The highest BCUT2D eigenvalue weighted by Crippen LogP contribution is 2.31. The highest BCUT2D eigenvalue weighted by atomic mass is 79.9. The van der Waals surface area contributed by atoms with Crippen molar-refractivity contribution >= 4 is 37.7 Å². The molecule has 154 valence electrons. The normalized spacial score (nSPS) is 13.4. The van der Waals surface area contributed by atoms with E-state index in [1.54, 1.807) is 0 Å². The minimum atomic E-state index is -0.318. The van der Waals surface area contributed by atoms with E-state index in [2.05, 4.69) is 85.9 Å². The predicted molar refractivity (Wildman–Crippen MR) is 132 cm³/mol. The molecule has 5 rings (SSSR count). The number of halogens is 1. The van der Waals surface area contributed by atoms with Gasteiger partial charge in [0.25, 0.3) is 0 Å². The van der Waals surface area contributed by atoms with Gasteiger partial charge in [0, 0.05) is 15.2 Å². The average molecular weight is 471 g/mol. The predicted octanol–water partition coefficient (Wildman–Crippen LogP) is 6.05. The zero-order valence-corrected chi connectivity index (χ0v) is 18.5. The number of nitrogens with one attached hydrogen (secondary N) is 2. The molecular formula is C26H23BrN4. The maximum atomic E-state index is 6.54. The van der Waals surface area contributed by atoms with Crippen molar-refractivity contribution in [1.29, 1.82) is 0 Å². The molecule has 0 fully saturated rings. The molecule has 5 heteroatoms. The Morgan fingerprint density at radius 1 is 0.677 bits per heavy atom. The Hall–Kier alpha value is -3.12. The van der Waals surface area contributed by atoms with Crippen LogP contribution in [0.4, 0.5) is 0 Å². The van der Waals surface area contributed by atoms with Crippen molar-refractivity contribution in [3.05, 3.63) is 119 Å². The maximum Gasteiger partial charge on any atom is 0.119 e. The number of para-hydroxylation sites is 1. The van der Waals surface area contributed by atoms with Gasteiger partial charge in [0.1, 0.15) is 6.17 Å². The SMILES string of the molecule is NC(NC(Nn1c2ccccc2c2cc(Br)ccc21)c1ccccc1)c1ccccc1. The van der Waals surface area contributed by atoms with Crippen molar-refractivity contribution in [3.63, 3.8) is 0 Å². The second kappa shape index (κ2) is 8.55. The summed E-state index contributed by atoms with van der Waals surface area (Å²) < 4.78 is 3.21. The summed E-state index contributed by atoms with van der Waals surface area (Å²) in [5.41, 5.74) is 14.6. The van der Waals surface area contributed by atoms with E-state index in [1.807, 2.05) is 48.5 Å². The van der Waals surface area contributed by atoms with Crippen LogP contribution in [-0.4, -0.2) is 4.68 Å². The number of fused-ring (bicyclic) bond motifs is 3. The molecular weight excluding hydrogens is 448 g/mol. The van der Waals surface area contributed by atoms with E-state index < -0.39 is 0 Å². The number of benzene rings is 4. The average Bonchev–Trinajstić information content (AvgIpc) is 3.12. The first kappa shape index (κ1) is 19.8. The maximum absolute atomic E-state index is 6.54. The molecule has 5 aromatic rings. The summed E-state index contributed by atoms with van der Waals surface area (Å²) in [6, 6.07) is 35.2. The molecule has 4 nitrogen and oxygen atoms in total. The van der Waals surface area contributed by atoms with Gasteiger partial charge in [0.2, 0.25) is 0 Å². The van der Waals surface area contributed by atoms with E-state index in [0.29, 0.717) is 0 Å². The first-order valence-corrected chi connectivity index (χ1v) is 11.1. The third-order valence-corrected chi connectivity index (χ3v) is 6.02. The first-order chi connectivity index (χ1) is 15.2. The van der Waals surface area contributed by atoms with Crippen molar-refractivity contribution in [2.75, 3.05) is 5.43 Å². The molecule has 1 heterocycles. The number of hydrogen-bond acceptors (Lipinski definition) is 3. The Balaban J connectivity index is 1.59. The first-order valence-electron chi connectivity index (χ1n) is 10.3. The van der Waals surface area contributed by atoms with Crippen LogP contribution in [0, 0.1) is 0 Å². The Bertz CT molecular complexity index is 1320. The van der Waals surface area contributed by atoms with E-state index in [4.69, 9.17) is 5.73 Å². The summed E-state index contributed by atoms with van der Waals surface area (Å²) in [6.07, 6.45) is -0.514. The molecule has 0 aliphatic carbocycles. The van der Waals surface area contributed by atoms with Crippen LogP contribution < -0.4 is 16.5 Å². The molecule has 4 aromatic carbocycles. The molecule has 0 aliphatic rings. The van der Waals surface area contributed by atoms with Crippen LogP contribution >= 0.6 is 15.9 Å². The molecule has 31 heavy (non-hydrogen) atoms. The fraction of sp³-hybridized carbons (Fsp3) is 0.0769. The lowest BCUT2D eigenvalue weighted by molar-refractivity contribution is 0.464. The van der Waals surface area contributed by atoms with Gasteiger partial charge in [-0.05, 0) is 35.4 Å². The van der Waals surface area contributed by atoms with Crippen LogP contribution in [-0.2, 0) is 0 Å². The molecule has 1 aromatic heterocycles. The van der Waals surface area contributed by atoms with Crippen molar-refractivity contribution in [1.82, 2.24) is 9.99 Å².